The molecule has 0 amide bonds. The molecule has 1 aliphatic carbocycles. The van der Waals surface area contributed by atoms with Crippen molar-refractivity contribution in [3.8, 4) is 10.6 Å². The molecule has 1 N–H and O–H groups in total. The van der Waals surface area contributed by atoms with Crippen molar-refractivity contribution in [2.75, 3.05) is 4.83 Å². The molecule has 0 unspecified atom stereocenters. The Morgan fingerprint density at radius 3 is 2.55 bits per heavy atom. The van der Waals surface area contributed by atoms with Gasteiger partial charge in [0, 0.05) is 5.69 Å². The molecule has 2 heterocycles. The number of hydrogen-bond donors (Lipinski definition) is 1. The van der Waals surface area contributed by atoms with Crippen molar-refractivity contribution in [2.24, 2.45) is 0 Å². The second-order valence-electron chi connectivity index (χ2n) is 7.77. The van der Waals surface area contributed by atoms with E-state index in [1.807, 2.05) is 37.3 Å². The Morgan fingerprint density at radius 1 is 1.03 bits per heavy atom. The summed E-state index contributed by atoms with van der Waals surface area (Å²) in [6.45, 7) is 1.90. The van der Waals surface area contributed by atoms with Crippen molar-refractivity contribution >= 4 is 31.6 Å². The molecule has 0 atom stereocenters. The number of nitrogens with zero attached hydrogens (tertiary/aromatic N) is 2. The maximum absolute atomic E-state index is 13.5. The number of fused-ring (bicyclic) bond motifs is 2. The molecule has 0 aliphatic heterocycles. The summed E-state index contributed by atoms with van der Waals surface area (Å²) in [5.41, 5.74) is 3.55. The smallest absolute Gasteiger partial charge is 0.267 e. The predicted octanol–water partition coefficient (Wildman–Crippen LogP) is 4.24. The highest BCUT2D eigenvalue weighted by Crippen LogP contribution is 2.30. The summed E-state index contributed by atoms with van der Waals surface area (Å²) in [4.78, 5) is 20.8. The summed E-state index contributed by atoms with van der Waals surface area (Å²) in [5.74, 6) is 0. The van der Waals surface area contributed by atoms with Crippen LogP contribution in [0.25, 0.3) is 20.8 Å². The van der Waals surface area contributed by atoms with Crippen LogP contribution in [0.15, 0.2) is 64.3 Å². The van der Waals surface area contributed by atoms with E-state index in [1.165, 1.54) is 16.0 Å². The highest BCUT2D eigenvalue weighted by atomic mass is 32.2. The van der Waals surface area contributed by atoms with Crippen molar-refractivity contribution in [1.29, 1.82) is 0 Å². The van der Waals surface area contributed by atoms with Crippen molar-refractivity contribution < 1.29 is 8.42 Å². The number of pyridine rings is 1. The lowest BCUT2D eigenvalue weighted by Gasteiger charge is -2.22. The van der Waals surface area contributed by atoms with Gasteiger partial charge in [0.1, 0.15) is 5.01 Å². The molecule has 1 aliphatic rings. The van der Waals surface area contributed by atoms with Gasteiger partial charge >= 0.3 is 0 Å². The molecular weight excluding hydrogens is 430 g/mol. The van der Waals surface area contributed by atoms with Crippen LogP contribution in [0, 0.1) is 6.92 Å². The summed E-state index contributed by atoms with van der Waals surface area (Å²) in [6.07, 6.45) is 3.38. The largest absolute Gasteiger partial charge is 0.280 e. The molecule has 0 spiro atoms. The van der Waals surface area contributed by atoms with Crippen LogP contribution in [0.5, 0.6) is 0 Å². The molecular formula is C23H21N3O3S2. The van der Waals surface area contributed by atoms with Crippen LogP contribution in [0.4, 0.5) is 0 Å². The van der Waals surface area contributed by atoms with E-state index in [1.54, 1.807) is 24.3 Å². The van der Waals surface area contributed by atoms with Crippen LogP contribution in [-0.4, -0.2) is 18.1 Å². The first-order valence-electron chi connectivity index (χ1n) is 10.2. The van der Waals surface area contributed by atoms with Crippen LogP contribution >= 0.6 is 11.3 Å². The summed E-state index contributed by atoms with van der Waals surface area (Å²) >= 11 is 1.44. The SMILES string of the molecule is Cc1ccc(S(=O)(=O)Nn2c3c(cc(-c4nc5ccccc5s4)c2=O)CCCC3)cc1. The monoisotopic (exact) mass is 451 g/mol. The van der Waals surface area contributed by atoms with Crippen molar-refractivity contribution in [2.45, 2.75) is 37.5 Å². The summed E-state index contributed by atoms with van der Waals surface area (Å²) in [7, 11) is -3.91. The van der Waals surface area contributed by atoms with Gasteiger partial charge in [0.15, 0.2) is 0 Å². The van der Waals surface area contributed by atoms with Gasteiger partial charge in [-0.25, -0.2) is 14.5 Å². The normalized spacial score (nSPS) is 13.8. The quantitative estimate of drug-likeness (QED) is 0.503. The Labute approximate surface area is 184 Å². The minimum atomic E-state index is -3.91. The van der Waals surface area contributed by atoms with Gasteiger partial charge in [-0.05, 0) is 68.5 Å². The first kappa shape index (κ1) is 20.0. The number of thiazole rings is 1. The lowest BCUT2D eigenvalue weighted by molar-refractivity contribution is 0.587. The highest BCUT2D eigenvalue weighted by molar-refractivity contribution is 7.92. The molecule has 31 heavy (non-hydrogen) atoms. The fraction of sp³-hybridized carbons (Fsp3) is 0.217. The number of sulfonamides is 1. The zero-order chi connectivity index (χ0) is 21.6. The number of rotatable bonds is 4. The number of para-hydroxylation sites is 1. The highest BCUT2D eigenvalue weighted by Gasteiger charge is 2.24. The average molecular weight is 452 g/mol. The summed E-state index contributed by atoms with van der Waals surface area (Å²) < 4.78 is 28.3. The van der Waals surface area contributed by atoms with Crippen LogP contribution in [-0.2, 0) is 22.9 Å². The van der Waals surface area contributed by atoms with E-state index in [4.69, 9.17) is 0 Å². The fourth-order valence-corrected chi connectivity index (χ4v) is 5.94. The van der Waals surface area contributed by atoms with E-state index in [0.717, 1.165) is 46.3 Å². The number of benzene rings is 2. The van der Waals surface area contributed by atoms with Gasteiger partial charge in [-0.3, -0.25) is 4.79 Å². The standard InChI is InChI=1S/C23H21N3O3S2/c1-15-10-12-17(13-11-15)31(28,29)25-26-20-8-4-2-6-16(20)14-18(23(26)27)22-24-19-7-3-5-9-21(19)30-22/h3,5,7,9-14,25H,2,4,6,8H2,1H3. The summed E-state index contributed by atoms with van der Waals surface area (Å²) in [6, 6.07) is 16.2. The van der Waals surface area contributed by atoms with E-state index < -0.39 is 15.6 Å². The van der Waals surface area contributed by atoms with Gasteiger partial charge in [-0.1, -0.05) is 29.8 Å². The zero-order valence-corrected chi connectivity index (χ0v) is 18.6. The second-order valence-corrected chi connectivity index (χ2v) is 10.5. The number of aromatic nitrogens is 2. The Balaban J connectivity index is 1.66. The summed E-state index contributed by atoms with van der Waals surface area (Å²) in [5, 5.41) is 0.600. The maximum Gasteiger partial charge on any atom is 0.280 e. The molecule has 5 rings (SSSR count). The zero-order valence-electron chi connectivity index (χ0n) is 17.0. The molecule has 8 heteroatoms. The number of nitrogens with one attached hydrogen (secondary N) is 1. The van der Waals surface area contributed by atoms with E-state index in [9.17, 15) is 13.2 Å². The molecule has 0 fully saturated rings. The Hall–Kier alpha value is -2.97. The molecule has 0 radical (unpaired) electrons. The third-order valence-electron chi connectivity index (χ3n) is 5.57. The molecule has 158 valence electrons. The van der Waals surface area contributed by atoms with Crippen LogP contribution in [0.1, 0.15) is 29.7 Å². The van der Waals surface area contributed by atoms with Crippen LogP contribution < -0.4 is 10.4 Å². The molecule has 0 saturated carbocycles. The van der Waals surface area contributed by atoms with E-state index in [2.05, 4.69) is 9.82 Å². The minimum Gasteiger partial charge on any atom is -0.267 e. The third kappa shape index (κ3) is 3.66. The Bertz CT molecular complexity index is 1420. The number of hydrogen-bond acceptors (Lipinski definition) is 5. The van der Waals surface area contributed by atoms with Gasteiger partial charge in [0.05, 0.1) is 20.7 Å². The van der Waals surface area contributed by atoms with Crippen LogP contribution in [0.2, 0.25) is 0 Å². The Morgan fingerprint density at radius 2 is 1.77 bits per heavy atom. The Kier molecular flexibility index (Phi) is 4.91. The predicted molar refractivity (Wildman–Crippen MR) is 124 cm³/mol. The molecule has 6 nitrogen and oxygen atoms in total. The fourth-order valence-electron chi connectivity index (χ4n) is 3.93. The lowest BCUT2D eigenvalue weighted by atomic mass is 9.95. The van der Waals surface area contributed by atoms with Gasteiger partial charge in [-0.2, -0.15) is 8.42 Å². The van der Waals surface area contributed by atoms with Crippen LogP contribution in [0.3, 0.4) is 0 Å². The topological polar surface area (TPSA) is 81.1 Å². The third-order valence-corrected chi connectivity index (χ3v) is 7.95. The second kappa shape index (κ2) is 7.62. The van der Waals surface area contributed by atoms with Gasteiger partial charge in [0.25, 0.3) is 15.6 Å². The molecule has 0 saturated heterocycles. The minimum absolute atomic E-state index is 0.125. The molecule has 2 aromatic carbocycles. The van der Waals surface area contributed by atoms with E-state index in [0.29, 0.717) is 17.0 Å². The van der Waals surface area contributed by atoms with E-state index in [-0.39, 0.29) is 4.90 Å². The molecule has 2 aromatic heterocycles. The maximum atomic E-state index is 13.5. The lowest BCUT2D eigenvalue weighted by Crippen LogP contribution is -2.37. The molecule has 4 aromatic rings. The van der Waals surface area contributed by atoms with Crippen molar-refractivity contribution in [3.05, 3.63) is 81.8 Å². The molecule has 0 bridgehead atoms. The van der Waals surface area contributed by atoms with Crippen molar-refractivity contribution in [3.63, 3.8) is 0 Å². The van der Waals surface area contributed by atoms with Crippen molar-refractivity contribution in [1.82, 2.24) is 9.66 Å². The first-order valence-corrected chi connectivity index (χ1v) is 12.5. The van der Waals surface area contributed by atoms with Gasteiger partial charge in [0.2, 0.25) is 0 Å². The number of aryl methyl sites for hydroxylation is 2. The first-order chi connectivity index (χ1) is 14.9. The average Bonchev–Trinajstić information content (AvgIpc) is 3.20. The van der Waals surface area contributed by atoms with Gasteiger partial charge in [-0.15, -0.1) is 11.3 Å². The van der Waals surface area contributed by atoms with E-state index >= 15 is 0 Å². The van der Waals surface area contributed by atoms with Gasteiger partial charge < -0.3 is 0 Å².